The Labute approximate surface area is 117 Å². The smallest absolute Gasteiger partial charge is 0.328 e. The molecule has 0 spiro atoms. The molecule has 1 saturated heterocycles. The second-order valence-electron chi connectivity index (χ2n) is 5.05. The van der Waals surface area contributed by atoms with Gasteiger partial charge in [0.05, 0.1) is 7.11 Å². The quantitative estimate of drug-likeness (QED) is 0.780. The molecule has 0 aromatic heterocycles. The lowest BCUT2D eigenvalue weighted by atomic mass is 10.0. The Bertz CT molecular complexity index is 510. The van der Waals surface area contributed by atoms with Gasteiger partial charge in [0.15, 0.2) is 0 Å². The third kappa shape index (κ3) is 2.98. The Balaban J connectivity index is 2.27. The molecule has 0 bridgehead atoms. The van der Waals surface area contributed by atoms with Crippen LogP contribution < -0.4 is 0 Å². The van der Waals surface area contributed by atoms with E-state index in [0.29, 0.717) is 18.5 Å². The van der Waals surface area contributed by atoms with E-state index < -0.39 is 17.8 Å². The topological polar surface area (TPSA) is 46.6 Å². The van der Waals surface area contributed by atoms with Crippen LogP contribution in [0, 0.1) is 12.7 Å². The molecule has 1 aromatic rings. The van der Waals surface area contributed by atoms with Crippen molar-refractivity contribution in [2.45, 2.75) is 32.2 Å². The molecule has 0 radical (unpaired) electrons. The highest BCUT2D eigenvalue weighted by Crippen LogP contribution is 2.21. The van der Waals surface area contributed by atoms with Gasteiger partial charge in [0, 0.05) is 12.1 Å². The summed E-state index contributed by atoms with van der Waals surface area (Å²) in [6.45, 7) is 2.22. The van der Waals surface area contributed by atoms with Crippen molar-refractivity contribution in [3.63, 3.8) is 0 Å². The number of likely N-dealkylation sites (tertiary alicyclic amines) is 1. The molecule has 1 amide bonds. The van der Waals surface area contributed by atoms with Gasteiger partial charge in [-0.15, -0.1) is 0 Å². The zero-order valence-corrected chi connectivity index (χ0v) is 11.7. The summed E-state index contributed by atoms with van der Waals surface area (Å²) in [4.78, 5) is 25.7. The van der Waals surface area contributed by atoms with Crippen molar-refractivity contribution in [1.82, 2.24) is 4.90 Å². The minimum atomic E-state index is -0.565. The number of carbonyl (C=O) groups excluding carboxylic acids is 2. The van der Waals surface area contributed by atoms with E-state index in [-0.39, 0.29) is 11.5 Å². The van der Waals surface area contributed by atoms with Crippen molar-refractivity contribution in [1.29, 1.82) is 0 Å². The predicted octanol–water partition coefficient (Wildman–Crippen LogP) is 2.30. The summed E-state index contributed by atoms with van der Waals surface area (Å²) in [5.41, 5.74) is 0.957. The van der Waals surface area contributed by atoms with E-state index in [1.54, 1.807) is 13.0 Å². The highest BCUT2D eigenvalue weighted by Gasteiger charge is 2.33. The van der Waals surface area contributed by atoms with Crippen LogP contribution in [0.1, 0.15) is 35.2 Å². The number of esters is 1. The third-order valence-corrected chi connectivity index (χ3v) is 3.53. The van der Waals surface area contributed by atoms with Crippen molar-refractivity contribution in [3.05, 3.63) is 35.1 Å². The standard InChI is InChI=1S/C15H18FNO3/c1-10-7-11(9-12(16)8-10)14(18)17-6-4-3-5-13(17)15(19)20-2/h7-9,13H,3-6H2,1-2H3. The molecule has 1 fully saturated rings. The zero-order chi connectivity index (χ0) is 14.7. The average Bonchev–Trinajstić information content (AvgIpc) is 2.44. The second-order valence-corrected chi connectivity index (χ2v) is 5.05. The highest BCUT2D eigenvalue weighted by atomic mass is 19.1. The number of halogens is 1. The molecule has 0 aliphatic carbocycles. The molecule has 0 N–H and O–H groups in total. The maximum absolute atomic E-state index is 13.4. The van der Waals surface area contributed by atoms with Gasteiger partial charge in [-0.3, -0.25) is 4.79 Å². The molecular formula is C15H18FNO3. The first-order valence-corrected chi connectivity index (χ1v) is 6.69. The van der Waals surface area contributed by atoms with Crippen LogP contribution in [0.4, 0.5) is 4.39 Å². The molecule has 5 heteroatoms. The number of amides is 1. The number of ether oxygens (including phenoxy) is 1. The van der Waals surface area contributed by atoms with Crippen molar-refractivity contribution in [2.24, 2.45) is 0 Å². The SMILES string of the molecule is COC(=O)C1CCCCN1C(=O)c1cc(C)cc(F)c1. The zero-order valence-electron chi connectivity index (χ0n) is 11.7. The molecule has 1 aromatic carbocycles. The van der Waals surface area contributed by atoms with E-state index in [0.717, 1.165) is 12.8 Å². The number of benzene rings is 1. The fraction of sp³-hybridized carbons (Fsp3) is 0.467. The van der Waals surface area contributed by atoms with Gasteiger partial charge in [-0.1, -0.05) is 0 Å². The van der Waals surface area contributed by atoms with Gasteiger partial charge in [0.2, 0.25) is 0 Å². The summed E-state index contributed by atoms with van der Waals surface area (Å²) >= 11 is 0. The van der Waals surface area contributed by atoms with Crippen molar-refractivity contribution < 1.29 is 18.7 Å². The third-order valence-electron chi connectivity index (χ3n) is 3.53. The van der Waals surface area contributed by atoms with Gasteiger partial charge in [-0.05, 0) is 49.9 Å². The van der Waals surface area contributed by atoms with E-state index in [4.69, 9.17) is 4.74 Å². The molecule has 1 unspecified atom stereocenters. The van der Waals surface area contributed by atoms with Crippen molar-refractivity contribution in [3.8, 4) is 0 Å². The minimum absolute atomic E-state index is 0.276. The number of carbonyl (C=O) groups is 2. The summed E-state index contributed by atoms with van der Waals surface area (Å²) in [5.74, 6) is -1.17. The number of piperidine rings is 1. The second kappa shape index (κ2) is 6.03. The van der Waals surface area contributed by atoms with E-state index in [1.165, 1.54) is 24.1 Å². The molecule has 1 aliphatic heterocycles. The fourth-order valence-electron chi connectivity index (χ4n) is 2.58. The monoisotopic (exact) mass is 279 g/mol. The molecule has 20 heavy (non-hydrogen) atoms. The van der Waals surface area contributed by atoms with Crippen LogP contribution in [0.2, 0.25) is 0 Å². The molecule has 108 valence electrons. The molecular weight excluding hydrogens is 261 g/mol. The van der Waals surface area contributed by atoms with Gasteiger partial charge in [0.1, 0.15) is 11.9 Å². The van der Waals surface area contributed by atoms with Gasteiger partial charge in [0.25, 0.3) is 5.91 Å². The first kappa shape index (κ1) is 14.5. The average molecular weight is 279 g/mol. The van der Waals surface area contributed by atoms with Crippen LogP contribution in [0.5, 0.6) is 0 Å². The first-order valence-electron chi connectivity index (χ1n) is 6.69. The lowest BCUT2D eigenvalue weighted by Gasteiger charge is -2.33. The van der Waals surface area contributed by atoms with Crippen LogP contribution in [-0.2, 0) is 9.53 Å². The molecule has 1 heterocycles. The summed E-state index contributed by atoms with van der Waals surface area (Å²) < 4.78 is 18.2. The number of rotatable bonds is 2. The summed E-state index contributed by atoms with van der Waals surface area (Å²) in [5, 5.41) is 0. The maximum Gasteiger partial charge on any atom is 0.328 e. The van der Waals surface area contributed by atoms with Gasteiger partial charge < -0.3 is 9.64 Å². The van der Waals surface area contributed by atoms with E-state index >= 15 is 0 Å². The molecule has 0 saturated carbocycles. The molecule has 1 atom stereocenters. The lowest BCUT2D eigenvalue weighted by molar-refractivity contribution is -0.147. The number of aryl methyl sites for hydroxylation is 1. The minimum Gasteiger partial charge on any atom is -0.467 e. The van der Waals surface area contributed by atoms with E-state index in [1.807, 2.05) is 0 Å². The summed E-state index contributed by atoms with van der Waals surface area (Å²) in [6.07, 6.45) is 2.31. The van der Waals surface area contributed by atoms with Crippen LogP contribution >= 0.6 is 0 Å². The van der Waals surface area contributed by atoms with Crippen molar-refractivity contribution >= 4 is 11.9 Å². The molecule has 4 nitrogen and oxygen atoms in total. The Morgan fingerprint density at radius 1 is 1.30 bits per heavy atom. The number of hydrogen-bond acceptors (Lipinski definition) is 3. The fourth-order valence-corrected chi connectivity index (χ4v) is 2.58. The van der Waals surface area contributed by atoms with E-state index in [9.17, 15) is 14.0 Å². The van der Waals surface area contributed by atoms with Crippen LogP contribution in [0.3, 0.4) is 0 Å². The normalized spacial score (nSPS) is 18.8. The van der Waals surface area contributed by atoms with Crippen LogP contribution in [-0.4, -0.2) is 36.5 Å². The predicted molar refractivity (Wildman–Crippen MR) is 71.8 cm³/mol. The summed E-state index contributed by atoms with van der Waals surface area (Å²) in [7, 11) is 1.31. The number of hydrogen-bond donors (Lipinski definition) is 0. The molecule has 1 aliphatic rings. The van der Waals surface area contributed by atoms with Crippen molar-refractivity contribution in [2.75, 3.05) is 13.7 Å². The van der Waals surface area contributed by atoms with Crippen LogP contribution in [0.25, 0.3) is 0 Å². The van der Waals surface area contributed by atoms with Crippen LogP contribution in [0.15, 0.2) is 18.2 Å². The Morgan fingerprint density at radius 3 is 2.70 bits per heavy atom. The molecule has 2 rings (SSSR count). The summed E-state index contributed by atoms with van der Waals surface area (Å²) in [6, 6.07) is 3.64. The lowest BCUT2D eigenvalue weighted by Crippen LogP contribution is -2.48. The largest absolute Gasteiger partial charge is 0.467 e. The van der Waals surface area contributed by atoms with Gasteiger partial charge >= 0.3 is 5.97 Å². The van der Waals surface area contributed by atoms with Gasteiger partial charge in [-0.25, -0.2) is 9.18 Å². The Kier molecular flexibility index (Phi) is 4.37. The first-order chi connectivity index (χ1) is 9.52. The Morgan fingerprint density at radius 2 is 2.05 bits per heavy atom. The van der Waals surface area contributed by atoms with Gasteiger partial charge in [-0.2, -0.15) is 0 Å². The highest BCUT2D eigenvalue weighted by molar-refractivity contribution is 5.97. The maximum atomic E-state index is 13.4. The number of nitrogens with zero attached hydrogens (tertiary/aromatic N) is 1. The van der Waals surface area contributed by atoms with E-state index in [2.05, 4.69) is 0 Å². The Hall–Kier alpha value is -1.91. The number of methoxy groups -OCH3 is 1.